The van der Waals surface area contributed by atoms with Gasteiger partial charge in [0.25, 0.3) is 0 Å². The van der Waals surface area contributed by atoms with Crippen molar-refractivity contribution in [3.63, 3.8) is 0 Å². The number of alkyl halides is 1. The molecule has 0 heterocycles. The van der Waals surface area contributed by atoms with Crippen LogP contribution in [0.5, 0.6) is 23.0 Å². The van der Waals surface area contributed by atoms with Crippen LogP contribution in [0.4, 0.5) is 0 Å². The van der Waals surface area contributed by atoms with Gasteiger partial charge in [0.1, 0.15) is 12.4 Å². The molecule has 1 rings (SSSR count). The van der Waals surface area contributed by atoms with Gasteiger partial charge < -0.3 is 18.9 Å². The first-order valence-electron chi connectivity index (χ1n) is 5.31. The largest absolute Gasteiger partial charge is 0.493 e. The Hall–Kier alpha value is -1.55. The fourth-order valence-corrected chi connectivity index (χ4v) is 1.44. The lowest BCUT2D eigenvalue weighted by Crippen LogP contribution is -2.02. The van der Waals surface area contributed by atoms with Gasteiger partial charge in [-0.2, -0.15) is 0 Å². The summed E-state index contributed by atoms with van der Waals surface area (Å²) < 4.78 is 21.2. The number of rotatable bonds is 7. The molecule has 0 aliphatic heterocycles. The Bertz CT molecular complexity index is 392. The number of hydrogen-bond donors (Lipinski definition) is 0. The molecule has 0 atom stereocenters. The predicted molar refractivity (Wildman–Crippen MR) is 71.5 cm³/mol. The van der Waals surface area contributed by atoms with Gasteiger partial charge in [0.05, 0.1) is 21.3 Å². The number of benzene rings is 1. The average molecular weight is 273 g/mol. The molecule has 0 aromatic heterocycles. The normalized spacial score (nSPS) is 9.78. The lowest BCUT2D eigenvalue weighted by atomic mass is 10.2. The standard InChI is InChI=1S/C13H17ClO4/c1-9(7-14)8-18-10-5-11(15-2)13(17-4)12(6-10)16-3/h5-6H,1,7-8H2,2-4H3. The Morgan fingerprint density at radius 2 is 1.67 bits per heavy atom. The van der Waals surface area contributed by atoms with E-state index in [4.69, 9.17) is 30.5 Å². The molecule has 0 bridgehead atoms. The lowest BCUT2D eigenvalue weighted by molar-refractivity contribution is 0.311. The van der Waals surface area contributed by atoms with Crippen LogP contribution in [0.2, 0.25) is 0 Å². The van der Waals surface area contributed by atoms with Gasteiger partial charge in [-0.15, -0.1) is 11.6 Å². The predicted octanol–water partition coefficient (Wildman–Crippen LogP) is 2.89. The number of ether oxygens (including phenoxy) is 4. The molecule has 0 spiro atoms. The Labute approximate surface area is 112 Å². The first kappa shape index (κ1) is 14.5. The van der Waals surface area contributed by atoms with E-state index in [2.05, 4.69) is 6.58 Å². The average Bonchev–Trinajstić information content (AvgIpc) is 2.43. The maximum absolute atomic E-state index is 5.63. The smallest absolute Gasteiger partial charge is 0.203 e. The quantitative estimate of drug-likeness (QED) is 0.565. The molecule has 0 aliphatic carbocycles. The van der Waals surface area contributed by atoms with Crippen molar-refractivity contribution in [2.24, 2.45) is 0 Å². The maximum atomic E-state index is 5.63. The van der Waals surface area contributed by atoms with Gasteiger partial charge in [-0.1, -0.05) is 6.58 Å². The Kier molecular flexibility index (Phi) is 5.65. The summed E-state index contributed by atoms with van der Waals surface area (Å²) in [7, 11) is 4.66. The summed E-state index contributed by atoms with van der Waals surface area (Å²) in [6, 6.07) is 3.45. The van der Waals surface area contributed by atoms with E-state index in [1.165, 1.54) is 0 Å². The van der Waals surface area contributed by atoms with Crippen LogP contribution in [0, 0.1) is 0 Å². The molecule has 0 saturated carbocycles. The molecule has 4 nitrogen and oxygen atoms in total. The molecule has 5 heteroatoms. The highest BCUT2D eigenvalue weighted by Crippen LogP contribution is 2.40. The van der Waals surface area contributed by atoms with Gasteiger partial charge in [-0.3, -0.25) is 0 Å². The molecule has 0 amide bonds. The first-order valence-corrected chi connectivity index (χ1v) is 5.85. The van der Waals surface area contributed by atoms with Crippen LogP contribution in [-0.4, -0.2) is 33.8 Å². The summed E-state index contributed by atoms with van der Waals surface area (Å²) in [6.45, 7) is 4.11. The topological polar surface area (TPSA) is 36.9 Å². The number of methoxy groups -OCH3 is 3. The summed E-state index contributed by atoms with van der Waals surface area (Å²) in [5.41, 5.74) is 0.797. The van der Waals surface area contributed by atoms with Crippen LogP contribution in [0.3, 0.4) is 0 Å². The van der Waals surface area contributed by atoms with E-state index in [1.807, 2.05) is 0 Å². The van der Waals surface area contributed by atoms with Crippen LogP contribution in [0.15, 0.2) is 24.3 Å². The summed E-state index contributed by atoms with van der Waals surface area (Å²) in [5.74, 6) is 2.59. The van der Waals surface area contributed by atoms with Crippen LogP contribution in [0.1, 0.15) is 0 Å². The summed E-state index contributed by atoms with van der Waals surface area (Å²) >= 11 is 5.63. The number of hydrogen-bond acceptors (Lipinski definition) is 4. The van der Waals surface area contributed by atoms with Crippen LogP contribution in [-0.2, 0) is 0 Å². The fraction of sp³-hybridized carbons (Fsp3) is 0.385. The van der Waals surface area contributed by atoms with E-state index in [9.17, 15) is 0 Å². The van der Waals surface area contributed by atoms with Crippen molar-refractivity contribution in [1.82, 2.24) is 0 Å². The highest BCUT2D eigenvalue weighted by molar-refractivity contribution is 6.19. The van der Waals surface area contributed by atoms with Gasteiger partial charge in [0, 0.05) is 18.0 Å². The van der Waals surface area contributed by atoms with E-state index in [0.29, 0.717) is 35.5 Å². The second kappa shape index (κ2) is 7.01. The minimum absolute atomic E-state index is 0.349. The van der Waals surface area contributed by atoms with E-state index in [-0.39, 0.29) is 0 Å². The third-order valence-corrected chi connectivity index (χ3v) is 2.65. The minimum Gasteiger partial charge on any atom is -0.493 e. The molecule has 0 unspecified atom stereocenters. The summed E-state index contributed by atoms with van der Waals surface area (Å²) in [5, 5.41) is 0. The van der Waals surface area contributed by atoms with Gasteiger partial charge in [0.2, 0.25) is 5.75 Å². The third kappa shape index (κ3) is 3.47. The van der Waals surface area contributed by atoms with Crippen molar-refractivity contribution in [3.05, 3.63) is 24.3 Å². The zero-order chi connectivity index (χ0) is 13.5. The first-order chi connectivity index (χ1) is 8.65. The van der Waals surface area contributed by atoms with Crippen molar-refractivity contribution in [2.75, 3.05) is 33.8 Å². The van der Waals surface area contributed by atoms with Crippen molar-refractivity contribution >= 4 is 11.6 Å². The Morgan fingerprint density at radius 1 is 1.11 bits per heavy atom. The van der Waals surface area contributed by atoms with Gasteiger partial charge in [-0.25, -0.2) is 0 Å². The van der Waals surface area contributed by atoms with E-state index in [0.717, 1.165) is 5.57 Å². The highest BCUT2D eigenvalue weighted by atomic mass is 35.5. The van der Waals surface area contributed by atoms with Crippen LogP contribution in [0.25, 0.3) is 0 Å². The molecular weight excluding hydrogens is 256 g/mol. The zero-order valence-corrected chi connectivity index (χ0v) is 11.5. The van der Waals surface area contributed by atoms with Crippen molar-refractivity contribution in [1.29, 1.82) is 0 Å². The number of halogens is 1. The van der Waals surface area contributed by atoms with Crippen LogP contribution >= 0.6 is 11.6 Å². The van der Waals surface area contributed by atoms with Gasteiger partial charge >= 0.3 is 0 Å². The van der Waals surface area contributed by atoms with Crippen LogP contribution < -0.4 is 18.9 Å². The second-order valence-electron chi connectivity index (χ2n) is 3.53. The monoisotopic (exact) mass is 272 g/mol. The molecule has 0 radical (unpaired) electrons. The lowest BCUT2D eigenvalue weighted by Gasteiger charge is -2.14. The maximum Gasteiger partial charge on any atom is 0.203 e. The molecule has 0 saturated heterocycles. The fourth-order valence-electron chi connectivity index (χ4n) is 1.36. The Balaban J connectivity index is 2.96. The molecule has 0 N–H and O–H groups in total. The summed E-state index contributed by atoms with van der Waals surface area (Å²) in [4.78, 5) is 0. The molecule has 100 valence electrons. The molecule has 0 fully saturated rings. The van der Waals surface area contributed by atoms with Crippen molar-refractivity contribution in [2.45, 2.75) is 0 Å². The highest BCUT2D eigenvalue weighted by Gasteiger charge is 2.13. The third-order valence-electron chi connectivity index (χ3n) is 2.27. The van der Waals surface area contributed by atoms with Gasteiger partial charge in [0.15, 0.2) is 11.5 Å². The SMILES string of the molecule is C=C(CCl)COc1cc(OC)c(OC)c(OC)c1. The molecular formula is C13H17ClO4. The minimum atomic E-state index is 0.349. The van der Waals surface area contributed by atoms with E-state index < -0.39 is 0 Å². The molecule has 0 aliphatic rings. The van der Waals surface area contributed by atoms with Crippen molar-refractivity contribution in [3.8, 4) is 23.0 Å². The van der Waals surface area contributed by atoms with E-state index >= 15 is 0 Å². The molecule has 18 heavy (non-hydrogen) atoms. The summed E-state index contributed by atoms with van der Waals surface area (Å²) in [6.07, 6.45) is 0. The Morgan fingerprint density at radius 3 is 2.06 bits per heavy atom. The second-order valence-corrected chi connectivity index (χ2v) is 3.80. The molecule has 1 aromatic rings. The van der Waals surface area contributed by atoms with E-state index in [1.54, 1.807) is 33.5 Å². The zero-order valence-electron chi connectivity index (χ0n) is 10.8. The van der Waals surface area contributed by atoms with Gasteiger partial charge in [-0.05, 0) is 5.57 Å². The van der Waals surface area contributed by atoms with Crippen molar-refractivity contribution < 1.29 is 18.9 Å². The molecule has 1 aromatic carbocycles.